The van der Waals surface area contributed by atoms with E-state index in [2.05, 4.69) is 5.32 Å². The Morgan fingerprint density at radius 3 is 2.62 bits per heavy atom. The van der Waals surface area contributed by atoms with Gasteiger partial charge in [0.15, 0.2) is 0 Å². The van der Waals surface area contributed by atoms with E-state index in [1.165, 1.54) is 0 Å². The quantitative estimate of drug-likeness (QED) is 0.757. The lowest BCUT2D eigenvalue weighted by Gasteiger charge is -2.26. The monoisotopic (exact) mass is 224 g/mol. The molecule has 1 unspecified atom stereocenters. The largest absolute Gasteiger partial charge is 0.393 e. The normalized spacial score (nSPS) is 26.8. The van der Waals surface area contributed by atoms with Gasteiger partial charge in [-0.2, -0.15) is 5.26 Å². The summed E-state index contributed by atoms with van der Waals surface area (Å²) >= 11 is 0. The van der Waals surface area contributed by atoms with Crippen molar-refractivity contribution in [2.45, 2.75) is 57.6 Å². The second-order valence-corrected chi connectivity index (χ2v) is 4.48. The van der Waals surface area contributed by atoms with Gasteiger partial charge < -0.3 is 10.4 Å². The highest BCUT2D eigenvalue weighted by Gasteiger charge is 2.24. The zero-order chi connectivity index (χ0) is 12.0. The van der Waals surface area contributed by atoms with Gasteiger partial charge in [-0.1, -0.05) is 13.3 Å². The first-order valence-electron chi connectivity index (χ1n) is 6.05. The number of carbonyl (C=O) groups excluding carboxylic acids is 1. The third-order valence-electron chi connectivity index (χ3n) is 3.09. The number of rotatable bonds is 4. The zero-order valence-corrected chi connectivity index (χ0v) is 9.78. The van der Waals surface area contributed by atoms with Crippen LogP contribution in [-0.4, -0.2) is 23.2 Å². The number of hydrogen-bond donors (Lipinski definition) is 2. The van der Waals surface area contributed by atoms with E-state index in [0.29, 0.717) is 6.42 Å². The number of carbonyl (C=O) groups is 1. The Hall–Kier alpha value is -1.08. The smallest absolute Gasteiger partial charge is 0.237 e. The fourth-order valence-corrected chi connectivity index (χ4v) is 2.06. The van der Waals surface area contributed by atoms with Crippen LogP contribution in [0.1, 0.15) is 45.4 Å². The first kappa shape index (κ1) is 13.0. The highest BCUT2D eigenvalue weighted by Crippen LogP contribution is 2.19. The van der Waals surface area contributed by atoms with E-state index in [0.717, 1.165) is 32.1 Å². The Bertz CT molecular complexity index is 265. The molecule has 0 aromatic rings. The average Bonchev–Trinajstić information content (AvgIpc) is 2.29. The molecule has 4 nitrogen and oxygen atoms in total. The van der Waals surface area contributed by atoms with Gasteiger partial charge in [-0.25, -0.2) is 0 Å². The van der Waals surface area contributed by atoms with Crippen molar-refractivity contribution in [2.24, 2.45) is 5.92 Å². The number of aliphatic hydroxyl groups is 1. The Kier molecular flexibility index (Phi) is 5.27. The average molecular weight is 224 g/mol. The molecular weight excluding hydrogens is 204 g/mol. The molecule has 0 bridgehead atoms. The first-order valence-corrected chi connectivity index (χ1v) is 6.05. The molecular formula is C12H20N2O2. The number of nitriles is 1. The Morgan fingerprint density at radius 1 is 1.50 bits per heavy atom. The summed E-state index contributed by atoms with van der Waals surface area (Å²) < 4.78 is 0. The van der Waals surface area contributed by atoms with Gasteiger partial charge in [0, 0.05) is 6.04 Å². The molecule has 1 aliphatic rings. The molecule has 1 amide bonds. The summed E-state index contributed by atoms with van der Waals surface area (Å²) in [5, 5.41) is 21.1. The van der Waals surface area contributed by atoms with Crippen molar-refractivity contribution in [3.8, 4) is 6.07 Å². The second-order valence-electron chi connectivity index (χ2n) is 4.48. The fraction of sp³-hybridized carbons (Fsp3) is 0.833. The van der Waals surface area contributed by atoms with Crippen LogP contribution in [0.5, 0.6) is 0 Å². The van der Waals surface area contributed by atoms with Crippen LogP contribution in [0.15, 0.2) is 0 Å². The summed E-state index contributed by atoms with van der Waals surface area (Å²) in [6.07, 6.45) is 4.38. The van der Waals surface area contributed by atoms with Crippen molar-refractivity contribution < 1.29 is 9.90 Å². The Balaban J connectivity index is 2.36. The van der Waals surface area contributed by atoms with E-state index in [9.17, 15) is 9.90 Å². The molecule has 1 fully saturated rings. The van der Waals surface area contributed by atoms with Crippen LogP contribution in [0.3, 0.4) is 0 Å². The molecule has 0 aliphatic heterocycles. The molecule has 1 aliphatic carbocycles. The van der Waals surface area contributed by atoms with Crippen LogP contribution in [0.2, 0.25) is 0 Å². The minimum Gasteiger partial charge on any atom is -0.393 e. The molecule has 90 valence electrons. The lowest BCUT2D eigenvalue weighted by Crippen LogP contribution is -2.41. The minimum absolute atomic E-state index is 0.142. The van der Waals surface area contributed by atoms with E-state index >= 15 is 0 Å². The third-order valence-corrected chi connectivity index (χ3v) is 3.09. The summed E-state index contributed by atoms with van der Waals surface area (Å²) in [6, 6.07) is 2.18. The fourth-order valence-electron chi connectivity index (χ4n) is 2.06. The van der Waals surface area contributed by atoms with Crippen LogP contribution in [0.4, 0.5) is 0 Å². The number of nitrogens with zero attached hydrogens (tertiary/aromatic N) is 1. The molecule has 16 heavy (non-hydrogen) atoms. The van der Waals surface area contributed by atoms with Crippen LogP contribution < -0.4 is 5.32 Å². The van der Waals surface area contributed by atoms with Gasteiger partial charge in [0.1, 0.15) is 5.92 Å². The van der Waals surface area contributed by atoms with E-state index < -0.39 is 5.92 Å². The van der Waals surface area contributed by atoms with Crippen molar-refractivity contribution >= 4 is 5.91 Å². The highest BCUT2D eigenvalue weighted by atomic mass is 16.3. The SMILES string of the molecule is CCCC(C#N)C(=O)NC1CCC(O)CC1. The zero-order valence-electron chi connectivity index (χ0n) is 9.78. The highest BCUT2D eigenvalue weighted by molar-refractivity contribution is 5.81. The molecule has 0 aromatic carbocycles. The number of aliphatic hydroxyl groups excluding tert-OH is 1. The maximum atomic E-state index is 11.7. The summed E-state index contributed by atoms with van der Waals surface area (Å²) in [7, 11) is 0. The minimum atomic E-state index is -0.517. The van der Waals surface area contributed by atoms with Crippen molar-refractivity contribution in [2.75, 3.05) is 0 Å². The van der Waals surface area contributed by atoms with Gasteiger partial charge >= 0.3 is 0 Å². The van der Waals surface area contributed by atoms with E-state index in [1.807, 2.05) is 13.0 Å². The Labute approximate surface area is 96.6 Å². The predicted octanol–water partition coefficient (Wildman–Crippen LogP) is 1.35. The van der Waals surface area contributed by atoms with Crippen molar-refractivity contribution in [3.63, 3.8) is 0 Å². The van der Waals surface area contributed by atoms with Crippen LogP contribution in [0, 0.1) is 17.2 Å². The van der Waals surface area contributed by atoms with Crippen LogP contribution in [0.25, 0.3) is 0 Å². The van der Waals surface area contributed by atoms with Gasteiger partial charge in [-0.05, 0) is 32.1 Å². The van der Waals surface area contributed by atoms with E-state index in [-0.39, 0.29) is 18.1 Å². The van der Waals surface area contributed by atoms with Gasteiger partial charge in [0.25, 0.3) is 0 Å². The number of hydrogen-bond acceptors (Lipinski definition) is 3. The lowest BCUT2D eigenvalue weighted by molar-refractivity contribution is -0.124. The first-order chi connectivity index (χ1) is 7.67. The molecule has 0 radical (unpaired) electrons. The summed E-state index contributed by atoms with van der Waals surface area (Å²) in [6.45, 7) is 1.97. The predicted molar refractivity (Wildman–Crippen MR) is 60.4 cm³/mol. The number of nitrogens with one attached hydrogen (secondary N) is 1. The molecule has 1 saturated carbocycles. The van der Waals surface area contributed by atoms with Crippen molar-refractivity contribution in [3.05, 3.63) is 0 Å². The van der Waals surface area contributed by atoms with Crippen LogP contribution in [-0.2, 0) is 4.79 Å². The van der Waals surface area contributed by atoms with Crippen molar-refractivity contribution in [1.29, 1.82) is 5.26 Å². The molecule has 0 spiro atoms. The second kappa shape index (κ2) is 6.49. The topological polar surface area (TPSA) is 73.1 Å². The standard InChI is InChI=1S/C12H20N2O2/c1-2-3-9(8-13)12(16)14-10-4-6-11(15)7-5-10/h9-11,15H,2-7H2,1H3,(H,14,16). The van der Waals surface area contributed by atoms with Gasteiger partial charge in [-0.15, -0.1) is 0 Å². The lowest BCUT2D eigenvalue weighted by atomic mass is 9.92. The molecule has 1 rings (SSSR count). The van der Waals surface area contributed by atoms with Crippen LogP contribution >= 0.6 is 0 Å². The van der Waals surface area contributed by atoms with Crippen molar-refractivity contribution in [1.82, 2.24) is 5.32 Å². The summed E-state index contributed by atoms with van der Waals surface area (Å²) in [5.74, 6) is -0.664. The molecule has 0 saturated heterocycles. The summed E-state index contributed by atoms with van der Waals surface area (Å²) in [5.41, 5.74) is 0. The maximum absolute atomic E-state index is 11.7. The molecule has 4 heteroatoms. The van der Waals surface area contributed by atoms with Gasteiger partial charge in [0.2, 0.25) is 5.91 Å². The molecule has 0 heterocycles. The molecule has 0 aromatic heterocycles. The molecule has 1 atom stereocenters. The molecule has 2 N–H and O–H groups in total. The van der Waals surface area contributed by atoms with E-state index in [4.69, 9.17) is 5.26 Å². The summed E-state index contributed by atoms with van der Waals surface area (Å²) in [4.78, 5) is 11.7. The van der Waals surface area contributed by atoms with Gasteiger partial charge in [-0.3, -0.25) is 4.79 Å². The third kappa shape index (κ3) is 3.82. The van der Waals surface area contributed by atoms with Gasteiger partial charge in [0.05, 0.1) is 12.2 Å². The van der Waals surface area contributed by atoms with E-state index in [1.54, 1.807) is 0 Å². The Morgan fingerprint density at radius 2 is 2.12 bits per heavy atom. The maximum Gasteiger partial charge on any atom is 0.237 e. The number of amides is 1.